The summed E-state index contributed by atoms with van der Waals surface area (Å²) in [5, 5.41) is 15.6. The highest BCUT2D eigenvalue weighted by Gasteiger charge is 2.30. The second-order valence-corrected chi connectivity index (χ2v) is 9.49. The molecule has 1 fully saturated rings. The first kappa shape index (κ1) is 24.0. The molecular formula is C23H28N4O3S2. The minimum absolute atomic E-state index is 0.0854. The third kappa shape index (κ3) is 7.49. The van der Waals surface area contributed by atoms with E-state index in [1.807, 2.05) is 36.6 Å². The fraction of sp³-hybridized carbons (Fsp3) is 0.391. The molecule has 2 aromatic rings. The third-order valence-electron chi connectivity index (χ3n) is 4.72. The molecule has 9 heteroatoms. The van der Waals surface area contributed by atoms with Crippen molar-refractivity contribution >= 4 is 51.5 Å². The molecule has 0 spiro atoms. The van der Waals surface area contributed by atoms with Gasteiger partial charge >= 0.3 is 0 Å². The highest BCUT2D eigenvalue weighted by Crippen LogP contribution is 2.24. The number of thioether (sulfide) groups is 1. The molecule has 7 nitrogen and oxygen atoms in total. The molecule has 2 N–H and O–H groups in total. The van der Waals surface area contributed by atoms with Crippen LogP contribution in [0.25, 0.3) is 0 Å². The molecule has 0 aliphatic carbocycles. The van der Waals surface area contributed by atoms with Gasteiger partial charge in [0.15, 0.2) is 5.17 Å². The number of hydrogen-bond donors (Lipinski definition) is 2. The minimum Gasteiger partial charge on any atom is -0.494 e. The summed E-state index contributed by atoms with van der Waals surface area (Å²) in [6, 6.07) is 11.2. The van der Waals surface area contributed by atoms with Crippen LogP contribution in [0.3, 0.4) is 0 Å². The lowest BCUT2D eigenvalue weighted by molar-refractivity contribution is -0.123. The maximum atomic E-state index is 12.7. The van der Waals surface area contributed by atoms with E-state index in [-0.39, 0.29) is 18.2 Å². The summed E-state index contributed by atoms with van der Waals surface area (Å²) < 4.78 is 5.73. The van der Waals surface area contributed by atoms with E-state index in [0.29, 0.717) is 17.5 Å². The zero-order valence-electron chi connectivity index (χ0n) is 18.3. The predicted molar refractivity (Wildman–Crippen MR) is 133 cm³/mol. The van der Waals surface area contributed by atoms with Crippen molar-refractivity contribution < 1.29 is 14.3 Å². The molecule has 1 atom stereocenters. The summed E-state index contributed by atoms with van der Waals surface area (Å²) in [7, 11) is 0. The Kier molecular flexibility index (Phi) is 9.30. The molecule has 32 heavy (non-hydrogen) atoms. The summed E-state index contributed by atoms with van der Waals surface area (Å²) in [5.74, 6) is 0.280. The Morgan fingerprint density at radius 2 is 2.03 bits per heavy atom. The number of nitrogens with zero attached hydrogens (tertiary/aromatic N) is 2. The minimum atomic E-state index is -0.575. The van der Waals surface area contributed by atoms with Gasteiger partial charge in [-0.25, -0.2) is 0 Å². The molecule has 1 aromatic carbocycles. The summed E-state index contributed by atoms with van der Waals surface area (Å²) in [6.07, 6.45) is 4.71. The van der Waals surface area contributed by atoms with Crippen LogP contribution in [-0.2, 0) is 9.59 Å². The molecule has 1 aliphatic heterocycles. The number of anilines is 1. The van der Waals surface area contributed by atoms with Gasteiger partial charge < -0.3 is 15.4 Å². The molecule has 3 rings (SSSR count). The molecule has 2 heterocycles. The highest BCUT2D eigenvalue weighted by atomic mass is 32.2. The fourth-order valence-corrected chi connectivity index (χ4v) is 4.57. The van der Waals surface area contributed by atoms with Crippen LogP contribution in [0.4, 0.5) is 5.69 Å². The van der Waals surface area contributed by atoms with Crippen molar-refractivity contribution in [2.24, 2.45) is 10.2 Å². The first-order valence-electron chi connectivity index (χ1n) is 10.7. The first-order chi connectivity index (χ1) is 15.5. The van der Waals surface area contributed by atoms with Crippen LogP contribution in [-0.4, -0.2) is 34.6 Å². The van der Waals surface area contributed by atoms with Gasteiger partial charge in [0.25, 0.3) is 0 Å². The largest absolute Gasteiger partial charge is 0.494 e. The number of carbonyl (C=O) groups is 2. The lowest BCUT2D eigenvalue weighted by Crippen LogP contribution is -2.41. The second-order valence-electron chi connectivity index (χ2n) is 7.35. The van der Waals surface area contributed by atoms with E-state index in [1.54, 1.807) is 23.5 Å². The number of nitrogens with one attached hydrogen (secondary N) is 2. The Morgan fingerprint density at radius 1 is 1.22 bits per heavy atom. The van der Waals surface area contributed by atoms with Gasteiger partial charge in [0.2, 0.25) is 11.8 Å². The number of amides is 2. The van der Waals surface area contributed by atoms with Crippen molar-refractivity contribution in [2.45, 2.75) is 51.2 Å². The van der Waals surface area contributed by atoms with Crippen LogP contribution < -0.4 is 15.4 Å². The van der Waals surface area contributed by atoms with Gasteiger partial charge in [-0.2, -0.15) is 5.10 Å². The lowest BCUT2D eigenvalue weighted by Gasteiger charge is -2.21. The van der Waals surface area contributed by atoms with E-state index in [4.69, 9.17) is 4.74 Å². The summed E-state index contributed by atoms with van der Waals surface area (Å²) in [6.45, 7) is 4.73. The number of benzene rings is 1. The topological polar surface area (TPSA) is 92.1 Å². The number of rotatable bonds is 10. The molecule has 1 aromatic heterocycles. The van der Waals surface area contributed by atoms with Gasteiger partial charge in [-0.15, -0.1) is 16.4 Å². The molecule has 170 valence electrons. The molecule has 2 amide bonds. The average Bonchev–Trinajstić information content (AvgIpc) is 3.33. The van der Waals surface area contributed by atoms with Crippen LogP contribution in [0.1, 0.15) is 50.8 Å². The summed E-state index contributed by atoms with van der Waals surface area (Å²) >= 11 is 2.77. The molecule has 0 bridgehead atoms. The average molecular weight is 473 g/mol. The molecule has 1 saturated heterocycles. The van der Waals surface area contributed by atoms with E-state index in [0.717, 1.165) is 22.8 Å². The van der Waals surface area contributed by atoms with Crippen LogP contribution >= 0.6 is 23.1 Å². The highest BCUT2D eigenvalue weighted by molar-refractivity contribution is 8.15. The Labute approximate surface area is 196 Å². The zero-order chi connectivity index (χ0) is 22.8. The van der Waals surface area contributed by atoms with E-state index >= 15 is 0 Å². The quantitative estimate of drug-likeness (QED) is 0.288. The van der Waals surface area contributed by atoms with Gasteiger partial charge in [0.05, 0.1) is 17.2 Å². The summed E-state index contributed by atoms with van der Waals surface area (Å²) in [5.41, 5.74) is 1.41. The van der Waals surface area contributed by atoms with Gasteiger partial charge in [-0.05, 0) is 49.1 Å². The second kappa shape index (κ2) is 12.4. The van der Waals surface area contributed by atoms with Crippen LogP contribution in [0.2, 0.25) is 0 Å². The Bertz CT molecular complexity index is 956. The van der Waals surface area contributed by atoms with E-state index in [9.17, 15) is 9.59 Å². The first-order valence-corrected chi connectivity index (χ1v) is 12.5. The fourth-order valence-electron chi connectivity index (χ4n) is 2.97. The maximum absolute atomic E-state index is 12.7. The predicted octanol–water partition coefficient (Wildman–Crippen LogP) is 5.05. The van der Waals surface area contributed by atoms with E-state index < -0.39 is 5.25 Å². The number of unbranched alkanes of at least 4 members (excludes halogenated alkanes) is 3. The Balaban J connectivity index is 1.53. The van der Waals surface area contributed by atoms with Gasteiger partial charge in [-0.1, -0.05) is 44.0 Å². The van der Waals surface area contributed by atoms with Crippen LogP contribution in [0, 0.1) is 0 Å². The molecule has 1 aliphatic rings. The van der Waals surface area contributed by atoms with Crippen molar-refractivity contribution in [3.63, 3.8) is 0 Å². The standard InChI is InChI=1S/C23H28N4O3S2/c1-3-4-5-6-13-30-18-11-9-17(10-12-18)24-22(29)20-15-21(28)25-23(32-20)27-26-16(2)19-8-7-14-31-19/h7-12,14,20H,3-6,13,15H2,1-2H3,(H,24,29)(H,25,27,28)/b26-16+. The number of thiophene rings is 1. The van der Waals surface area contributed by atoms with Crippen molar-refractivity contribution in [2.75, 3.05) is 11.9 Å². The van der Waals surface area contributed by atoms with Crippen molar-refractivity contribution in [3.05, 3.63) is 46.7 Å². The molecule has 0 saturated carbocycles. The number of hydrogen-bond acceptors (Lipinski definition) is 7. The Morgan fingerprint density at radius 3 is 2.75 bits per heavy atom. The van der Waals surface area contributed by atoms with E-state index in [2.05, 4.69) is 27.8 Å². The Hall–Kier alpha value is -2.65. The molecular weight excluding hydrogens is 444 g/mol. The van der Waals surface area contributed by atoms with Crippen LogP contribution in [0.15, 0.2) is 52.0 Å². The lowest BCUT2D eigenvalue weighted by atomic mass is 10.2. The van der Waals surface area contributed by atoms with Crippen molar-refractivity contribution in [3.8, 4) is 5.75 Å². The molecule has 1 unspecified atom stereocenters. The third-order valence-corrected chi connectivity index (χ3v) is 6.77. The smallest absolute Gasteiger partial charge is 0.238 e. The maximum Gasteiger partial charge on any atom is 0.238 e. The van der Waals surface area contributed by atoms with Gasteiger partial charge in [0, 0.05) is 12.1 Å². The van der Waals surface area contributed by atoms with Crippen molar-refractivity contribution in [1.29, 1.82) is 0 Å². The van der Waals surface area contributed by atoms with Crippen LogP contribution in [0.5, 0.6) is 5.75 Å². The van der Waals surface area contributed by atoms with Crippen molar-refractivity contribution in [1.82, 2.24) is 5.32 Å². The van der Waals surface area contributed by atoms with Gasteiger partial charge in [0.1, 0.15) is 11.0 Å². The monoisotopic (exact) mass is 472 g/mol. The molecule has 0 radical (unpaired) electrons. The number of carbonyl (C=O) groups excluding carboxylic acids is 2. The van der Waals surface area contributed by atoms with Gasteiger partial charge in [-0.3, -0.25) is 9.59 Å². The number of amidine groups is 1. The number of ether oxygens (including phenoxy) is 1. The normalized spacial score (nSPS) is 17.8. The van der Waals surface area contributed by atoms with E-state index in [1.165, 1.54) is 31.0 Å². The SMILES string of the molecule is CCCCCCOc1ccc(NC(=O)C2CC(=O)N/C(=N\N=C(/C)c3cccs3)S2)cc1. The zero-order valence-corrected chi connectivity index (χ0v) is 19.9. The summed E-state index contributed by atoms with van der Waals surface area (Å²) in [4.78, 5) is 25.8.